The molecule has 2 N–H and O–H groups in total. The summed E-state index contributed by atoms with van der Waals surface area (Å²) in [5.41, 5.74) is 5.71. The van der Waals surface area contributed by atoms with Gasteiger partial charge < -0.3 is 15.4 Å². The van der Waals surface area contributed by atoms with Crippen LogP contribution in [-0.4, -0.2) is 24.6 Å². The number of nitrogens with two attached hydrogens (primary N) is 1. The summed E-state index contributed by atoms with van der Waals surface area (Å²) in [6.45, 7) is -0.123. The third-order valence-electron chi connectivity index (χ3n) is 2.51. The van der Waals surface area contributed by atoms with Gasteiger partial charge in [-0.2, -0.15) is 0 Å². The molecule has 1 aromatic carbocycles. The first-order valence-corrected chi connectivity index (χ1v) is 5.23. The number of ketones is 1. The van der Waals surface area contributed by atoms with Gasteiger partial charge in [0.25, 0.3) is 0 Å². The van der Waals surface area contributed by atoms with Crippen LogP contribution in [0.4, 0.5) is 24.5 Å². The minimum atomic E-state index is -4.81. The van der Waals surface area contributed by atoms with E-state index >= 15 is 0 Å². The van der Waals surface area contributed by atoms with Crippen molar-refractivity contribution < 1.29 is 27.5 Å². The molecule has 19 heavy (non-hydrogen) atoms. The fraction of sp³-hybridized carbons (Fsp3) is 0.273. The molecule has 5 nitrogen and oxygen atoms in total. The van der Waals surface area contributed by atoms with Crippen LogP contribution in [0.3, 0.4) is 0 Å². The fourth-order valence-electron chi connectivity index (χ4n) is 1.78. The number of nitrogen functional groups attached to an aromatic ring is 1. The van der Waals surface area contributed by atoms with E-state index in [-0.39, 0.29) is 30.1 Å². The van der Waals surface area contributed by atoms with Crippen LogP contribution < -0.4 is 15.4 Å². The zero-order valence-electron chi connectivity index (χ0n) is 9.53. The molecule has 0 radical (unpaired) electrons. The van der Waals surface area contributed by atoms with Crippen molar-refractivity contribution in [1.82, 2.24) is 0 Å². The summed E-state index contributed by atoms with van der Waals surface area (Å²) in [5, 5.41) is 0. The van der Waals surface area contributed by atoms with Gasteiger partial charge in [-0.15, -0.1) is 13.2 Å². The highest BCUT2D eigenvalue weighted by Gasteiger charge is 2.32. The third-order valence-corrected chi connectivity index (χ3v) is 2.51. The number of anilines is 2. The van der Waals surface area contributed by atoms with Crippen molar-refractivity contribution in [2.24, 2.45) is 0 Å². The summed E-state index contributed by atoms with van der Waals surface area (Å²) in [6.07, 6.45) is -5.03. The molecular weight excluding hydrogens is 265 g/mol. The van der Waals surface area contributed by atoms with Crippen LogP contribution in [0.5, 0.6) is 5.75 Å². The van der Waals surface area contributed by atoms with E-state index in [1.165, 1.54) is 6.07 Å². The van der Waals surface area contributed by atoms with Gasteiger partial charge in [0.2, 0.25) is 5.91 Å². The maximum atomic E-state index is 12.0. The first-order chi connectivity index (χ1) is 8.76. The van der Waals surface area contributed by atoms with E-state index < -0.39 is 18.0 Å². The van der Waals surface area contributed by atoms with E-state index in [0.29, 0.717) is 0 Å². The molecular formula is C11H9F3N2O3. The monoisotopic (exact) mass is 274 g/mol. The Morgan fingerprint density at radius 1 is 1.26 bits per heavy atom. The van der Waals surface area contributed by atoms with Gasteiger partial charge >= 0.3 is 6.36 Å². The maximum Gasteiger partial charge on any atom is 0.573 e. The molecule has 2 rings (SSSR count). The van der Waals surface area contributed by atoms with E-state index in [1.807, 2.05) is 0 Å². The summed E-state index contributed by atoms with van der Waals surface area (Å²) in [7, 11) is 0. The molecule has 1 amide bonds. The van der Waals surface area contributed by atoms with Crippen LogP contribution in [0.15, 0.2) is 18.2 Å². The lowest BCUT2D eigenvalue weighted by Gasteiger charge is -2.18. The molecule has 1 aromatic rings. The molecule has 1 aliphatic rings. The number of nitrogens with zero attached hydrogens (tertiary/aromatic N) is 1. The zero-order chi connectivity index (χ0) is 14.2. The van der Waals surface area contributed by atoms with E-state index in [2.05, 4.69) is 4.74 Å². The van der Waals surface area contributed by atoms with Gasteiger partial charge in [0.1, 0.15) is 5.75 Å². The quantitative estimate of drug-likeness (QED) is 0.654. The van der Waals surface area contributed by atoms with Gasteiger partial charge in [0, 0.05) is 6.07 Å². The van der Waals surface area contributed by atoms with Crippen molar-refractivity contribution in [1.29, 1.82) is 0 Å². The highest BCUT2D eigenvalue weighted by Crippen LogP contribution is 2.32. The number of hydrogen-bond acceptors (Lipinski definition) is 4. The van der Waals surface area contributed by atoms with E-state index in [0.717, 1.165) is 17.0 Å². The van der Waals surface area contributed by atoms with E-state index in [4.69, 9.17) is 5.73 Å². The van der Waals surface area contributed by atoms with Crippen molar-refractivity contribution >= 4 is 23.1 Å². The molecule has 1 fully saturated rings. The molecule has 1 aliphatic heterocycles. The second-order valence-corrected chi connectivity index (χ2v) is 3.96. The SMILES string of the molecule is Nc1cc(OC(F)(F)F)ccc1N1CC(=O)CC1=O. The molecule has 102 valence electrons. The number of alkyl halides is 3. The van der Waals surface area contributed by atoms with Crippen LogP contribution in [-0.2, 0) is 9.59 Å². The minimum Gasteiger partial charge on any atom is -0.406 e. The number of carbonyl (C=O) groups is 2. The Labute approximate surface area is 105 Å². The summed E-state index contributed by atoms with van der Waals surface area (Å²) in [6, 6.07) is 3.21. The molecule has 0 aliphatic carbocycles. The first-order valence-electron chi connectivity index (χ1n) is 5.23. The summed E-state index contributed by atoms with van der Waals surface area (Å²) in [4.78, 5) is 23.7. The molecule has 0 unspecified atom stereocenters. The lowest BCUT2D eigenvalue weighted by molar-refractivity contribution is -0.274. The second-order valence-electron chi connectivity index (χ2n) is 3.96. The van der Waals surface area contributed by atoms with E-state index in [1.54, 1.807) is 0 Å². The Bertz CT molecular complexity index is 542. The van der Waals surface area contributed by atoms with Crippen molar-refractivity contribution in [3.05, 3.63) is 18.2 Å². The molecule has 1 heterocycles. The van der Waals surface area contributed by atoms with Crippen LogP contribution in [0.2, 0.25) is 0 Å². The number of rotatable bonds is 2. The van der Waals surface area contributed by atoms with Crippen LogP contribution in [0.1, 0.15) is 6.42 Å². The van der Waals surface area contributed by atoms with Crippen molar-refractivity contribution in [2.45, 2.75) is 12.8 Å². The summed E-state index contributed by atoms with van der Waals surface area (Å²) < 4.78 is 39.7. The van der Waals surface area contributed by atoms with Crippen molar-refractivity contribution in [3.63, 3.8) is 0 Å². The largest absolute Gasteiger partial charge is 0.573 e. The van der Waals surface area contributed by atoms with Crippen LogP contribution in [0.25, 0.3) is 0 Å². The number of benzene rings is 1. The Morgan fingerprint density at radius 2 is 1.95 bits per heavy atom. The maximum absolute atomic E-state index is 12.0. The normalized spacial score (nSPS) is 16.1. The smallest absolute Gasteiger partial charge is 0.406 e. The highest BCUT2D eigenvalue weighted by atomic mass is 19.4. The first kappa shape index (κ1) is 13.2. The molecule has 0 spiro atoms. The number of carbonyl (C=O) groups excluding carboxylic acids is 2. The Hall–Kier alpha value is -2.25. The average Bonchev–Trinajstić information content (AvgIpc) is 2.55. The Balaban J connectivity index is 2.25. The number of amides is 1. The molecule has 0 bridgehead atoms. The highest BCUT2D eigenvalue weighted by molar-refractivity contribution is 6.16. The van der Waals surface area contributed by atoms with Gasteiger partial charge in [0.05, 0.1) is 24.3 Å². The lowest BCUT2D eigenvalue weighted by Crippen LogP contribution is -2.25. The fourth-order valence-corrected chi connectivity index (χ4v) is 1.78. The standard InChI is InChI=1S/C11H9F3N2O3/c12-11(13,14)19-7-1-2-9(8(15)4-7)16-5-6(17)3-10(16)18/h1-2,4H,3,5,15H2. The number of ether oxygens (including phenoxy) is 1. The lowest BCUT2D eigenvalue weighted by atomic mass is 10.2. The van der Waals surface area contributed by atoms with Crippen molar-refractivity contribution in [3.8, 4) is 5.75 Å². The molecule has 0 aromatic heterocycles. The number of Topliss-reactive ketones (excluding diaryl/α,β-unsaturated/α-hetero) is 1. The summed E-state index contributed by atoms with van der Waals surface area (Å²) in [5.74, 6) is -1.17. The number of halogens is 3. The van der Waals surface area contributed by atoms with E-state index in [9.17, 15) is 22.8 Å². The molecule has 0 saturated carbocycles. The minimum absolute atomic E-state index is 0.0650. The van der Waals surface area contributed by atoms with Crippen LogP contribution >= 0.6 is 0 Å². The van der Waals surface area contributed by atoms with Gasteiger partial charge in [-0.25, -0.2) is 0 Å². The van der Waals surface area contributed by atoms with Crippen molar-refractivity contribution in [2.75, 3.05) is 17.2 Å². The van der Waals surface area contributed by atoms with Gasteiger partial charge in [-0.3, -0.25) is 9.59 Å². The summed E-state index contributed by atoms with van der Waals surface area (Å²) >= 11 is 0. The third kappa shape index (κ3) is 2.95. The molecule has 8 heteroatoms. The predicted octanol–water partition coefficient (Wildman–Crippen LogP) is 1.47. The predicted molar refractivity (Wildman–Crippen MR) is 59.5 cm³/mol. The van der Waals surface area contributed by atoms with Gasteiger partial charge in [-0.1, -0.05) is 0 Å². The van der Waals surface area contributed by atoms with Gasteiger partial charge in [-0.05, 0) is 12.1 Å². The topological polar surface area (TPSA) is 72.6 Å². The number of hydrogen-bond donors (Lipinski definition) is 1. The zero-order valence-corrected chi connectivity index (χ0v) is 9.53. The molecule has 1 saturated heterocycles. The Morgan fingerprint density at radius 3 is 2.42 bits per heavy atom. The second kappa shape index (κ2) is 4.45. The molecule has 0 atom stereocenters. The van der Waals surface area contributed by atoms with Crippen LogP contribution in [0, 0.1) is 0 Å². The van der Waals surface area contributed by atoms with Gasteiger partial charge in [0.15, 0.2) is 5.78 Å². The Kier molecular flexibility index (Phi) is 3.09. The average molecular weight is 274 g/mol.